The normalized spacial score (nSPS) is 11.0. The minimum absolute atomic E-state index is 0.221. The first-order chi connectivity index (χ1) is 13.4. The Morgan fingerprint density at radius 2 is 1.00 bits per heavy atom. The van der Waals surface area contributed by atoms with Crippen LogP contribution in [0.3, 0.4) is 0 Å². The van der Waals surface area contributed by atoms with Gasteiger partial charge >= 0.3 is 11.9 Å². The molecule has 2 N–H and O–H groups in total. The van der Waals surface area contributed by atoms with E-state index in [1.807, 2.05) is 0 Å². The van der Waals surface area contributed by atoms with Gasteiger partial charge in [-0.15, -0.1) is 0 Å². The number of rotatable bonds is 14. The molecule has 0 saturated heterocycles. The van der Waals surface area contributed by atoms with Crippen LogP contribution in [-0.4, -0.2) is 22.2 Å². The van der Waals surface area contributed by atoms with Crippen LogP contribution in [0, 0.1) is 22.7 Å². The van der Waals surface area contributed by atoms with E-state index >= 15 is 0 Å². The summed E-state index contributed by atoms with van der Waals surface area (Å²) in [6.07, 6.45) is 14.2. The number of unbranched alkanes of at least 4 members (excludes halogenated alkanes) is 8. The molecule has 0 bridgehead atoms. The fraction of sp³-hybridized carbons (Fsp3) is 0.636. The second kappa shape index (κ2) is 20.7. The fourth-order valence-corrected chi connectivity index (χ4v) is 2.48. The molecule has 0 radical (unpaired) electrons. The third-order valence-corrected chi connectivity index (χ3v) is 4.13. The van der Waals surface area contributed by atoms with Gasteiger partial charge in [0.15, 0.2) is 0 Å². The van der Waals surface area contributed by atoms with Crippen molar-refractivity contribution >= 4 is 11.9 Å². The second-order valence-corrected chi connectivity index (χ2v) is 6.54. The van der Waals surface area contributed by atoms with Crippen molar-refractivity contribution in [2.45, 2.75) is 90.9 Å². The van der Waals surface area contributed by atoms with E-state index in [4.69, 9.17) is 20.7 Å². The zero-order valence-corrected chi connectivity index (χ0v) is 17.2. The van der Waals surface area contributed by atoms with Gasteiger partial charge in [-0.1, -0.05) is 65.2 Å². The van der Waals surface area contributed by atoms with Crippen LogP contribution in [0.25, 0.3) is 0 Å². The van der Waals surface area contributed by atoms with Crippen molar-refractivity contribution in [1.82, 2.24) is 0 Å². The first-order valence-electron chi connectivity index (χ1n) is 10.1. The molecule has 0 unspecified atom stereocenters. The summed E-state index contributed by atoms with van der Waals surface area (Å²) >= 11 is 0. The van der Waals surface area contributed by atoms with Gasteiger partial charge in [0, 0.05) is 23.3 Å². The van der Waals surface area contributed by atoms with Gasteiger partial charge in [0.05, 0.1) is 12.1 Å². The van der Waals surface area contributed by atoms with Crippen molar-refractivity contribution in [2.75, 3.05) is 0 Å². The number of nitriles is 2. The van der Waals surface area contributed by atoms with Gasteiger partial charge in [-0.2, -0.15) is 10.5 Å². The monoisotopic (exact) mass is 390 g/mol. The van der Waals surface area contributed by atoms with Crippen molar-refractivity contribution in [3.8, 4) is 12.1 Å². The summed E-state index contributed by atoms with van der Waals surface area (Å²) in [6.45, 7) is 4.27. The van der Waals surface area contributed by atoms with Crippen LogP contribution >= 0.6 is 0 Å². The Bertz CT molecular complexity index is 580. The molecule has 28 heavy (non-hydrogen) atoms. The Hall–Kier alpha value is -2.60. The third-order valence-electron chi connectivity index (χ3n) is 4.13. The lowest BCUT2D eigenvalue weighted by Crippen LogP contribution is -2.00. The van der Waals surface area contributed by atoms with Gasteiger partial charge in [-0.25, -0.2) is 9.59 Å². The van der Waals surface area contributed by atoms with E-state index in [1.54, 1.807) is 12.1 Å². The SMILES string of the molecule is CCCCCCC(=CC#N)C(=O)O.CCCCCCCCC(=CC#N)C(=O)O. The number of carboxylic acid groups (broad SMARTS) is 2. The molecule has 0 aromatic rings. The Morgan fingerprint density at radius 1 is 0.679 bits per heavy atom. The van der Waals surface area contributed by atoms with Crippen LogP contribution in [0.5, 0.6) is 0 Å². The van der Waals surface area contributed by atoms with Gasteiger partial charge in [0.25, 0.3) is 0 Å². The van der Waals surface area contributed by atoms with E-state index in [9.17, 15) is 9.59 Å². The predicted octanol–water partition coefficient (Wildman–Crippen LogP) is 5.76. The van der Waals surface area contributed by atoms with Gasteiger partial charge in [0.2, 0.25) is 0 Å². The molecular weight excluding hydrogens is 356 g/mol. The highest BCUT2D eigenvalue weighted by molar-refractivity contribution is 5.87. The number of carboxylic acids is 2. The standard InChI is InChI=1S/C12H19NO2.C10H15NO2/c1-2-3-4-5-6-7-8-11(9-10-13)12(14)15;1-2-3-4-5-6-9(7-8-11)10(12)13/h9H,2-8H2,1H3,(H,14,15);7H,2-6H2,1H3,(H,12,13). The van der Waals surface area contributed by atoms with Crippen LogP contribution in [0.2, 0.25) is 0 Å². The first kappa shape index (κ1) is 27.6. The van der Waals surface area contributed by atoms with Crippen LogP contribution in [-0.2, 0) is 9.59 Å². The Balaban J connectivity index is 0. The highest BCUT2D eigenvalue weighted by Gasteiger charge is 2.06. The molecule has 6 heteroatoms. The van der Waals surface area contributed by atoms with Crippen molar-refractivity contribution in [3.05, 3.63) is 23.3 Å². The molecule has 6 nitrogen and oxygen atoms in total. The van der Waals surface area contributed by atoms with Crippen LogP contribution in [0.1, 0.15) is 90.9 Å². The fourth-order valence-electron chi connectivity index (χ4n) is 2.48. The molecule has 0 spiro atoms. The molecule has 0 aromatic carbocycles. The topological polar surface area (TPSA) is 122 Å². The molecule has 0 amide bonds. The number of hydrogen-bond acceptors (Lipinski definition) is 4. The summed E-state index contributed by atoms with van der Waals surface area (Å²) < 4.78 is 0. The first-order valence-corrected chi connectivity index (χ1v) is 10.1. The molecule has 0 aromatic heterocycles. The summed E-state index contributed by atoms with van der Waals surface area (Å²) in [5.41, 5.74) is 0.451. The molecule has 0 heterocycles. The van der Waals surface area contributed by atoms with E-state index in [0.29, 0.717) is 12.8 Å². The van der Waals surface area contributed by atoms with E-state index < -0.39 is 11.9 Å². The molecule has 0 aliphatic rings. The van der Waals surface area contributed by atoms with E-state index in [1.165, 1.54) is 19.3 Å². The lowest BCUT2D eigenvalue weighted by atomic mass is 10.1. The molecule has 0 aliphatic heterocycles. The molecule has 156 valence electrons. The van der Waals surface area contributed by atoms with Crippen molar-refractivity contribution in [3.63, 3.8) is 0 Å². The molecular formula is C22H34N2O4. The minimum Gasteiger partial charge on any atom is -0.478 e. The minimum atomic E-state index is -0.974. The zero-order chi connectivity index (χ0) is 21.6. The molecule has 0 rings (SSSR count). The Morgan fingerprint density at radius 3 is 1.32 bits per heavy atom. The van der Waals surface area contributed by atoms with Gasteiger partial charge < -0.3 is 10.2 Å². The summed E-state index contributed by atoms with van der Waals surface area (Å²) in [4.78, 5) is 21.2. The summed E-state index contributed by atoms with van der Waals surface area (Å²) in [5, 5.41) is 34.0. The summed E-state index contributed by atoms with van der Waals surface area (Å²) in [5.74, 6) is -1.94. The summed E-state index contributed by atoms with van der Waals surface area (Å²) in [7, 11) is 0. The van der Waals surface area contributed by atoms with Crippen LogP contribution in [0.15, 0.2) is 23.3 Å². The van der Waals surface area contributed by atoms with E-state index in [2.05, 4.69) is 13.8 Å². The number of hydrogen-bond donors (Lipinski definition) is 2. The number of carbonyl (C=O) groups is 2. The smallest absolute Gasteiger partial charge is 0.332 e. The number of aliphatic carboxylic acids is 2. The Kier molecular flexibility index (Phi) is 20.4. The number of nitrogens with zero attached hydrogens (tertiary/aromatic N) is 2. The maximum atomic E-state index is 10.6. The van der Waals surface area contributed by atoms with E-state index in [-0.39, 0.29) is 11.1 Å². The van der Waals surface area contributed by atoms with Crippen molar-refractivity contribution < 1.29 is 19.8 Å². The van der Waals surface area contributed by atoms with Gasteiger partial charge in [-0.05, 0) is 25.7 Å². The number of allylic oxidation sites excluding steroid dienone is 2. The van der Waals surface area contributed by atoms with Crippen LogP contribution < -0.4 is 0 Å². The maximum Gasteiger partial charge on any atom is 0.332 e. The molecule has 0 atom stereocenters. The average Bonchev–Trinajstić information content (AvgIpc) is 2.66. The largest absolute Gasteiger partial charge is 0.478 e. The van der Waals surface area contributed by atoms with Gasteiger partial charge in [0.1, 0.15) is 0 Å². The predicted molar refractivity (Wildman–Crippen MR) is 109 cm³/mol. The highest BCUT2D eigenvalue weighted by atomic mass is 16.4. The molecule has 0 saturated carbocycles. The Labute approximate surface area is 169 Å². The van der Waals surface area contributed by atoms with Crippen LogP contribution in [0.4, 0.5) is 0 Å². The third kappa shape index (κ3) is 18.2. The van der Waals surface area contributed by atoms with Crippen molar-refractivity contribution in [2.24, 2.45) is 0 Å². The quantitative estimate of drug-likeness (QED) is 0.221. The zero-order valence-electron chi connectivity index (χ0n) is 17.2. The lowest BCUT2D eigenvalue weighted by Gasteiger charge is -2.01. The van der Waals surface area contributed by atoms with E-state index in [0.717, 1.165) is 57.1 Å². The highest BCUT2D eigenvalue weighted by Crippen LogP contribution is 2.12. The maximum absolute atomic E-state index is 10.6. The average molecular weight is 391 g/mol. The molecule has 0 aliphatic carbocycles. The summed E-state index contributed by atoms with van der Waals surface area (Å²) in [6, 6.07) is 3.51. The van der Waals surface area contributed by atoms with Gasteiger partial charge in [-0.3, -0.25) is 0 Å². The molecule has 0 fully saturated rings. The second-order valence-electron chi connectivity index (χ2n) is 6.54. The lowest BCUT2D eigenvalue weighted by molar-refractivity contribution is -0.133. The van der Waals surface area contributed by atoms with Crippen molar-refractivity contribution in [1.29, 1.82) is 10.5 Å².